The van der Waals surface area contributed by atoms with E-state index in [2.05, 4.69) is 59.8 Å². The quantitative estimate of drug-likeness (QED) is 0.120. The van der Waals surface area contributed by atoms with Crippen LogP contribution in [0, 0.1) is 68.6 Å². The fraction of sp³-hybridized carbons (Fsp3) is 0.576. The Labute approximate surface area is 262 Å². The molecule has 0 saturated carbocycles. The molecule has 2 rings (SSSR count). The molecule has 0 radical (unpaired) electrons. The van der Waals surface area contributed by atoms with Gasteiger partial charge in [-0.05, 0) is 44.2 Å². The Kier molecular flexibility index (Phi) is 20.7. The van der Waals surface area contributed by atoms with E-state index in [0.717, 1.165) is 47.4 Å². The van der Waals surface area contributed by atoms with Crippen LogP contribution in [-0.4, -0.2) is 23.3 Å². The zero-order chi connectivity index (χ0) is 29.6. The molecule has 5 nitrogen and oxygen atoms in total. The molecule has 1 aromatic rings. The van der Waals surface area contributed by atoms with Gasteiger partial charge in [-0.3, -0.25) is 24.7 Å². The number of Topliss-reactive ketones (excluding diaryl/α,β-unsaturated/α-hetero) is 1. The van der Waals surface area contributed by atoms with E-state index in [1.807, 2.05) is 46.8 Å². The maximum absolute atomic E-state index is 12.5. The van der Waals surface area contributed by atoms with Gasteiger partial charge in [0.1, 0.15) is 0 Å². The minimum atomic E-state index is -0.141. The number of amides is 2. The van der Waals surface area contributed by atoms with Crippen molar-refractivity contribution in [1.82, 2.24) is 5.32 Å². The number of carbonyl (C=O) groups excluding carboxylic acids is 3. The monoisotopic (exact) mass is 762 g/mol. The van der Waals surface area contributed by atoms with E-state index in [1.54, 1.807) is 0 Å². The largest absolute Gasteiger partial charge is 2.00 e. The third kappa shape index (κ3) is 12.7. The van der Waals surface area contributed by atoms with E-state index >= 15 is 0 Å². The number of piperidine rings is 1. The molecular weight excluding hydrogens is 710 g/mol. The molecule has 1 aliphatic heterocycles. The smallest absolute Gasteiger partial charge is 0.343 e. The number of imide groups is 1. The molecule has 1 aliphatic rings. The number of aryl methyl sites for hydroxylation is 1. The van der Waals surface area contributed by atoms with Crippen LogP contribution in [-0.2, 0) is 16.0 Å². The fourth-order valence-electron chi connectivity index (χ4n) is 4.11. The molecule has 0 aliphatic carbocycles. The summed E-state index contributed by atoms with van der Waals surface area (Å²) in [5.41, 5.74) is 6.35. The summed E-state index contributed by atoms with van der Waals surface area (Å²) in [5, 5.41) is 2.25. The van der Waals surface area contributed by atoms with Gasteiger partial charge in [0.2, 0.25) is 11.8 Å². The zero-order valence-electron chi connectivity index (χ0n) is 26.2. The van der Waals surface area contributed by atoms with Gasteiger partial charge in [0, 0.05) is 35.1 Å². The summed E-state index contributed by atoms with van der Waals surface area (Å²) in [5.74, 6) is 0.598. The van der Waals surface area contributed by atoms with E-state index in [1.165, 1.54) is 5.57 Å². The van der Waals surface area contributed by atoms with Gasteiger partial charge in [0.15, 0.2) is 5.78 Å². The second-order valence-electron chi connectivity index (χ2n) is 10.4. The molecule has 1 atom stereocenters. The third-order valence-corrected chi connectivity index (χ3v) is 6.49. The fourth-order valence-corrected chi connectivity index (χ4v) is 4.11. The van der Waals surface area contributed by atoms with Crippen molar-refractivity contribution in [3.8, 4) is 0 Å². The minimum Gasteiger partial charge on any atom is -0.343 e. The second kappa shape index (κ2) is 20.4. The molecule has 0 bridgehead atoms. The molecule has 216 valence electrons. The second-order valence-corrected chi connectivity index (χ2v) is 10.4. The van der Waals surface area contributed by atoms with Crippen molar-refractivity contribution in [3.63, 3.8) is 0 Å². The van der Waals surface area contributed by atoms with Gasteiger partial charge in [-0.25, -0.2) is 0 Å². The van der Waals surface area contributed by atoms with Gasteiger partial charge in [-0.1, -0.05) is 79.0 Å². The number of nitrogens with one attached hydrogen (secondary N) is 1. The first kappa shape index (κ1) is 39.6. The number of nitrogens with zero attached hydrogens (tertiary/aromatic N) is 1. The predicted molar refractivity (Wildman–Crippen MR) is 162 cm³/mol. The molecule has 0 spiro atoms. The maximum Gasteiger partial charge on any atom is 2.00 e. The molecule has 6 heteroatoms. The number of ketones is 1. The first-order valence-corrected chi connectivity index (χ1v) is 14.2. The average molecular weight is 763 g/mol. The number of hydrogen-bond acceptors (Lipinski definition) is 4. The van der Waals surface area contributed by atoms with E-state index in [9.17, 15) is 14.4 Å². The summed E-state index contributed by atoms with van der Waals surface area (Å²) >= 11 is 0. The van der Waals surface area contributed by atoms with Crippen molar-refractivity contribution in [2.24, 2.45) is 28.7 Å². The van der Waals surface area contributed by atoms with Gasteiger partial charge in [0.05, 0.1) is 5.70 Å². The summed E-state index contributed by atoms with van der Waals surface area (Å²) < 4.78 is 0. The molecule has 1 unspecified atom stereocenters. The van der Waals surface area contributed by atoms with Crippen LogP contribution in [0.1, 0.15) is 116 Å². The summed E-state index contributed by atoms with van der Waals surface area (Å²) in [6.45, 7) is 28.6. The summed E-state index contributed by atoms with van der Waals surface area (Å²) in [6, 6.07) is 6.16. The minimum absolute atomic E-state index is 0. The van der Waals surface area contributed by atoms with E-state index in [4.69, 9.17) is 4.99 Å². The Hall–Kier alpha value is -1.51. The molecular formula is C33H52N2O3U. The normalized spacial score (nSPS) is 15.1. The van der Waals surface area contributed by atoms with Gasteiger partial charge in [-0.2, -0.15) is 12.8 Å². The molecule has 1 aromatic carbocycles. The van der Waals surface area contributed by atoms with Crippen LogP contribution < -0.4 is 5.32 Å². The van der Waals surface area contributed by atoms with Crippen LogP contribution in [0.25, 0.3) is 5.70 Å². The Morgan fingerprint density at radius 3 is 2.00 bits per heavy atom. The third-order valence-electron chi connectivity index (χ3n) is 6.49. The summed E-state index contributed by atoms with van der Waals surface area (Å²) in [4.78, 5) is 38.8. The molecule has 0 aromatic heterocycles. The Balaban J connectivity index is 0. The molecule has 39 heavy (non-hydrogen) atoms. The van der Waals surface area contributed by atoms with E-state index < -0.39 is 0 Å². The summed E-state index contributed by atoms with van der Waals surface area (Å²) in [7, 11) is 0. The summed E-state index contributed by atoms with van der Waals surface area (Å²) in [6.07, 6.45) is 3.63. The van der Waals surface area contributed by atoms with Crippen molar-refractivity contribution < 1.29 is 45.5 Å². The van der Waals surface area contributed by atoms with Gasteiger partial charge < -0.3 is 13.8 Å². The van der Waals surface area contributed by atoms with Crippen LogP contribution in [0.15, 0.2) is 28.8 Å². The molecule has 1 N–H and O–H groups in total. The van der Waals surface area contributed by atoms with Gasteiger partial charge >= 0.3 is 31.1 Å². The van der Waals surface area contributed by atoms with Crippen molar-refractivity contribution in [2.45, 2.75) is 101 Å². The first-order valence-electron chi connectivity index (χ1n) is 14.2. The first-order chi connectivity index (χ1) is 17.9. The number of carbonyl (C=O) groups is 3. The average Bonchev–Trinajstić information content (AvgIpc) is 2.89. The molecule has 1 fully saturated rings. The number of allylic oxidation sites excluding steroid dienone is 1. The standard InChI is InChI=1S/C25H37NO.C6H9NO2.C2H6.U/c1-10-19(11-2)23(16(4)5)26-24(17(6)7)21-13-14-22(20(12-3)15-21)25(27)18(8)9;1-4-2-3-5(8)7-6(4)9;1-2;/h13-16,18-19H,1-2,10-12H2,3-9H3;4H,2-3H2,1H3,(H,7,8,9);1-2H3;/q-2;;;+2. The molecule has 2 amide bonds. The number of aliphatic imine (C=N–C) groups is 1. The van der Waals surface area contributed by atoms with Gasteiger partial charge in [-0.15, -0.1) is 0 Å². The molecule has 1 heterocycles. The SMILES string of the molecule is CC.CC1CCC(=O)NC1=O.[CH2-]CC(C[CH2-])C(=NC(=C(C)C)c1ccc(C(=O)C(C)C)c(CC)c1)C(C)C.[U+2]. The van der Waals surface area contributed by atoms with Crippen molar-refractivity contribution in [1.29, 1.82) is 0 Å². The maximum atomic E-state index is 12.5. The Morgan fingerprint density at radius 2 is 1.62 bits per heavy atom. The van der Waals surface area contributed by atoms with Gasteiger partial charge in [0.25, 0.3) is 0 Å². The van der Waals surface area contributed by atoms with Crippen LogP contribution in [0.2, 0.25) is 0 Å². The van der Waals surface area contributed by atoms with Crippen LogP contribution in [0.3, 0.4) is 0 Å². The van der Waals surface area contributed by atoms with Crippen molar-refractivity contribution in [2.75, 3.05) is 0 Å². The Bertz CT molecular complexity index is 985. The number of hydrogen-bond donors (Lipinski definition) is 1. The van der Waals surface area contributed by atoms with Crippen LogP contribution >= 0.6 is 0 Å². The molecule has 1 saturated heterocycles. The number of rotatable bonds is 9. The number of benzene rings is 1. The van der Waals surface area contributed by atoms with E-state index in [-0.39, 0.29) is 60.5 Å². The Morgan fingerprint density at radius 1 is 1.05 bits per heavy atom. The van der Waals surface area contributed by atoms with Crippen LogP contribution in [0.4, 0.5) is 0 Å². The predicted octanol–water partition coefficient (Wildman–Crippen LogP) is 8.09. The van der Waals surface area contributed by atoms with E-state index in [0.29, 0.717) is 24.7 Å². The van der Waals surface area contributed by atoms with Crippen LogP contribution in [0.5, 0.6) is 0 Å². The zero-order valence-corrected chi connectivity index (χ0v) is 30.3. The van der Waals surface area contributed by atoms with Crippen molar-refractivity contribution in [3.05, 3.63) is 54.3 Å². The van der Waals surface area contributed by atoms with Crippen molar-refractivity contribution >= 4 is 29.0 Å². The topological polar surface area (TPSA) is 75.6 Å².